The number of hydrogen-bond donors (Lipinski definition) is 2. The number of nitrogens with one attached hydrogen (secondary N) is 2. The summed E-state index contributed by atoms with van der Waals surface area (Å²) < 4.78 is 2.52. The van der Waals surface area contributed by atoms with E-state index in [-0.39, 0.29) is 5.91 Å². The molecule has 0 radical (unpaired) electrons. The first-order valence-corrected chi connectivity index (χ1v) is 9.23. The Bertz CT molecular complexity index is 1100. The molecule has 0 unspecified atom stereocenters. The molecule has 138 valence electrons. The second-order valence-electron chi connectivity index (χ2n) is 5.88. The fourth-order valence-electron chi connectivity index (χ4n) is 2.56. The Labute approximate surface area is 169 Å². The van der Waals surface area contributed by atoms with Gasteiger partial charge in [0.1, 0.15) is 12.1 Å². The molecule has 4 aromatic rings. The molecular weight excluding hydrogens is 420 g/mol. The van der Waals surface area contributed by atoms with Crippen molar-refractivity contribution in [3.63, 3.8) is 0 Å². The minimum atomic E-state index is -0.165. The number of nitrogens with zero attached hydrogens (tertiary/aromatic N) is 4. The molecule has 0 saturated heterocycles. The van der Waals surface area contributed by atoms with Gasteiger partial charge in [-0.1, -0.05) is 22.0 Å². The summed E-state index contributed by atoms with van der Waals surface area (Å²) in [6.07, 6.45) is 4.98. The highest BCUT2D eigenvalue weighted by Crippen LogP contribution is 2.19. The fourth-order valence-corrected chi connectivity index (χ4v) is 2.96. The van der Waals surface area contributed by atoms with Crippen molar-refractivity contribution in [3.05, 3.63) is 89.4 Å². The molecule has 2 aromatic carbocycles. The maximum absolute atomic E-state index is 12.3. The van der Waals surface area contributed by atoms with E-state index in [4.69, 9.17) is 0 Å². The lowest BCUT2D eigenvalue weighted by Crippen LogP contribution is -2.11. The van der Waals surface area contributed by atoms with E-state index in [0.29, 0.717) is 22.9 Å². The number of anilines is 3. The number of amides is 1. The van der Waals surface area contributed by atoms with Crippen LogP contribution in [0.15, 0.2) is 83.9 Å². The smallest absolute Gasteiger partial charge is 0.255 e. The Hall–Kier alpha value is -3.52. The van der Waals surface area contributed by atoms with Crippen molar-refractivity contribution in [2.45, 2.75) is 0 Å². The first kappa shape index (κ1) is 17.9. The van der Waals surface area contributed by atoms with E-state index < -0.39 is 0 Å². The van der Waals surface area contributed by atoms with Gasteiger partial charge in [0, 0.05) is 39.9 Å². The summed E-state index contributed by atoms with van der Waals surface area (Å²) in [5.74, 6) is 1.15. The predicted molar refractivity (Wildman–Crippen MR) is 111 cm³/mol. The van der Waals surface area contributed by atoms with E-state index in [1.807, 2.05) is 48.7 Å². The Morgan fingerprint density at radius 2 is 1.79 bits per heavy atom. The molecule has 7 nitrogen and oxygen atoms in total. The van der Waals surface area contributed by atoms with Crippen LogP contribution in [-0.4, -0.2) is 25.7 Å². The van der Waals surface area contributed by atoms with Crippen LogP contribution in [0.4, 0.5) is 17.2 Å². The van der Waals surface area contributed by atoms with Crippen molar-refractivity contribution in [2.75, 3.05) is 10.6 Å². The lowest BCUT2D eigenvalue weighted by Gasteiger charge is -2.09. The summed E-state index contributed by atoms with van der Waals surface area (Å²) in [5, 5.41) is 10.3. The van der Waals surface area contributed by atoms with Crippen LogP contribution >= 0.6 is 15.9 Å². The Kier molecular flexibility index (Phi) is 5.11. The van der Waals surface area contributed by atoms with E-state index in [1.54, 1.807) is 29.1 Å². The van der Waals surface area contributed by atoms with E-state index in [2.05, 4.69) is 41.6 Å². The van der Waals surface area contributed by atoms with Gasteiger partial charge in [-0.15, -0.1) is 0 Å². The summed E-state index contributed by atoms with van der Waals surface area (Å²) >= 11 is 3.37. The number of carbonyl (C=O) groups excluding carboxylic acids is 1. The molecule has 28 heavy (non-hydrogen) atoms. The topological polar surface area (TPSA) is 84.7 Å². The van der Waals surface area contributed by atoms with Crippen LogP contribution in [-0.2, 0) is 0 Å². The minimum Gasteiger partial charge on any atom is -0.340 e. The maximum Gasteiger partial charge on any atom is 0.255 e. The number of hydrogen-bond acceptors (Lipinski definition) is 5. The van der Waals surface area contributed by atoms with Gasteiger partial charge in [0.25, 0.3) is 5.91 Å². The van der Waals surface area contributed by atoms with Gasteiger partial charge in [0.2, 0.25) is 0 Å². The number of benzene rings is 2. The first-order chi connectivity index (χ1) is 13.7. The molecule has 0 bridgehead atoms. The fraction of sp³-hybridized carbons (Fsp3) is 0. The van der Waals surface area contributed by atoms with E-state index >= 15 is 0 Å². The molecule has 0 aliphatic heterocycles. The standard InChI is InChI=1S/C20H15BrN6O/c21-15-4-1-3-14(11-15)20(28)26-17-7-5-16(6-8-17)25-18-12-19(23-13-22-18)27-10-2-9-24-27/h1-13H,(H,26,28)(H,22,23,25). The molecule has 0 aliphatic rings. The van der Waals surface area contributed by atoms with Gasteiger partial charge < -0.3 is 10.6 Å². The van der Waals surface area contributed by atoms with Gasteiger partial charge in [-0.05, 0) is 48.5 Å². The van der Waals surface area contributed by atoms with E-state index in [0.717, 1.165) is 10.2 Å². The highest BCUT2D eigenvalue weighted by molar-refractivity contribution is 9.10. The molecule has 2 N–H and O–H groups in total. The van der Waals surface area contributed by atoms with Crippen LogP contribution in [0.5, 0.6) is 0 Å². The molecule has 0 atom stereocenters. The molecule has 1 amide bonds. The second kappa shape index (κ2) is 8.01. The van der Waals surface area contributed by atoms with Gasteiger partial charge in [-0.2, -0.15) is 5.10 Å². The van der Waals surface area contributed by atoms with Crippen LogP contribution < -0.4 is 10.6 Å². The van der Waals surface area contributed by atoms with Crippen molar-refractivity contribution in [1.29, 1.82) is 0 Å². The quantitative estimate of drug-likeness (QED) is 0.485. The highest BCUT2D eigenvalue weighted by Gasteiger charge is 2.07. The van der Waals surface area contributed by atoms with Gasteiger partial charge in [-0.25, -0.2) is 14.6 Å². The maximum atomic E-state index is 12.3. The van der Waals surface area contributed by atoms with Crippen LogP contribution in [0, 0.1) is 0 Å². The average Bonchev–Trinajstić information content (AvgIpc) is 3.25. The van der Waals surface area contributed by atoms with Gasteiger partial charge in [0.05, 0.1) is 0 Å². The third-order valence-corrected chi connectivity index (χ3v) is 4.39. The SMILES string of the molecule is O=C(Nc1ccc(Nc2cc(-n3cccn3)ncn2)cc1)c1cccc(Br)c1. The first-order valence-electron chi connectivity index (χ1n) is 8.43. The van der Waals surface area contributed by atoms with Crippen molar-refractivity contribution < 1.29 is 4.79 Å². The largest absolute Gasteiger partial charge is 0.340 e. The summed E-state index contributed by atoms with van der Waals surface area (Å²) in [5.41, 5.74) is 2.13. The van der Waals surface area contributed by atoms with Gasteiger partial charge >= 0.3 is 0 Å². The number of carbonyl (C=O) groups is 1. The Morgan fingerprint density at radius 3 is 2.54 bits per heavy atom. The van der Waals surface area contributed by atoms with Crippen molar-refractivity contribution in [2.24, 2.45) is 0 Å². The van der Waals surface area contributed by atoms with E-state index in [9.17, 15) is 4.79 Å². The normalized spacial score (nSPS) is 10.5. The lowest BCUT2D eigenvalue weighted by molar-refractivity contribution is 0.102. The molecule has 0 saturated carbocycles. The summed E-state index contributed by atoms with van der Waals surface area (Å²) in [4.78, 5) is 20.7. The van der Waals surface area contributed by atoms with Crippen molar-refractivity contribution in [1.82, 2.24) is 19.7 Å². The molecule has 0 fully saturated rings. The Morgan fingerprint density at radius 1 is 0.964 bits per heavy atom. The number of halogens is 1. The van der Waals surface area contributed by atoms with Crippen LogP contribution in [0.2, 0.25) is 0 Å². The zero-order chi connectivity index (χ0) is 19.3. The van der Waals surface area contributed by atoms with Crippen LogP contribution in [0.3, 0.4) is 0 Å². The monoisotopic (exact) mass is 434 g/mol. The van der Waals surface area contributed by atoms with E-state index in [1.165, 1.54) is 6.33 Å². The zero-order valence-corrected chi connectivity index (χ0v) is 16.2. The summed E-state index contributed by atoms with van der Waals surface area (Å²) in [7, 11) is 0. The molecule has 2 aromatic heterocycles. The summed E-state index contributed by atoms with van der Waals surface area (Å²) in [6.45, 7) is 0. The van der Waals surface area contributed by atoms with Gasteiger partial charge in [-0.3, -0.25) is 4.79 Å². The molecule has 8 heteroatoms. The Balaban J connectivity index is 1.44. The lowest BCUT2D eigenvalue weighted by atomic mass is 10.2. The minimum absolute atomic E-state index is 0.165. The molecule has 0 spiro atoms. The van der Waals surface area contributed by atoms with Gasteiger partial charge in [0.15, 0.2) is 5.82 Å². The third-order valence-electron chi connectivity index (χ3n) is 3.89. The average molecular weight is 435 g/mol. The number of aromatic nitrogens is 4. The molecule has 0 aliphatic carbocycles. The zero-order valence-electron chi connectivity index (χ0n) is 14.6. The molecular formula is C20H15BrN6O. The second-order valence-corrected chi connectivity index (χ2v) is 6.79. The van der Waals surface area contributed by atoms with Crippen molar-refractivity contribution >= 4 is 39.0 Å². The van der Waals surface area contributed by atoms with Crippen LogP contribution in [0.1, 0.15) is 10.4 Å². The molecule has 4 rings (SSSR count). The van der Waals surface area contributed by atoms with Crippen LogP contribution in [0.25, 0.3) is 5.82 Å². The number of rotatable bonds is 5. The third kappa shape index (κ3) is 4.24. The van der Waals surface area contributed by atoms with Crippen molar-refractivity contribution in [3.8, 4) is 5.82 Å². The molecule has 2 heterocycles. The predicted octanol–water partition coefficient (Wildman–Crippen LogP) is 4.42. The summed E-state index contributed by atoms with van der Waals surface area (Å²) in [6, 6.07) is 18.3. The highest BCUT2D eigenvalue weighted by atomic mass is 79.9.